The van der Waals surface area contributed by atoms with Gasteiger partial charge in [0.2, 0.25) is 0 Å². The number of amides is 3. The number of hydrogen-bond donors (Lipinski definition) is 2. The first-order chi connectivity index (χ1) is 9.92. The van der Waals surface area contributed by atoms with Crippen molar-refractivity contribution in [3.05, 3.63) is 22.7 Å². The Labute approximate surface area is 126 Å². The van der Waals surface area contributed by atoms with Gasteiger partial charge in [-0.15, -0.1) is 0 Å². The molecule has 1 rings (SSSR count). The molecule has 0 aliphatic heterocycles. The van der Waals surface area contributed by atoms with E-state index in [0.717, 1.165) is 0 Å². The van der Waals surface area contributed by atoms with Gasteiger partial charge >= 0.3 is 6.03 Å². The van der Waals surface area contributed by atoms with E-state index >= 15 is 0 Å². The molecular weight excluding hydrogens is 300 g/mol. The molecular formula is C13H15ClN2O5. The predicted octanol–water partition coefficient (Wildman–Crippen LogP) is 1.38. The van der Waals surface area contributed by atoms with Gasteiger partial charge in [-0.3, -0.25) is 14.9 Å². The summed E-state index contributed by atoms with van der Waals surface area (Å²) in [6, 6.07) is 2.18. The normalized spacial score (nSPS) is 11.2. The van der Waals surface area contributed by atoms with E-state index in [1.165, 1.54) is 33.2 Å². The van der Waals surface area contributed by atoms with Crippen LogP contribution in [0, 0.1) is 0 Å². The van der Waals surface area contributed by atoms with Crippen LogP contribution in [0.2, 0.25) is 5.02 Å². The molecule has 0 aromatic heterocycles. The van der Waals surface area contributed by atoms with Crippen LogP contribution in [0.25, 0.3) is 0 Å². The third-order valence-electron chi connectivity index (χ3n) is 2.52. The fraction of sp³-hybridized carbons (Fsp3) is 0.308. The predicted molar refractivity (Wildman–Crippen MR) is 76.1 cm³/mol. The molecule has 0 radical (unpaired) electrons. The highest BCUT2D eigenvalue weighted by Crippen LogP contribution is 2.34. The maximum absolute atomic E-state index is 11.7. The molecule has 1 aromatic rings. The molecule has 3 amide bonds. The molecule has 114 valence electrons. The number of aldehydes is 1. The van der Waals surface area contributed by atoms with Crippen LogP contribution in [0.5, 0.6) is 11.5 Å². The van der Waals surface area contributed by atoms with Crippen molar-refractivity contribution in [2.24, 2.45) is 0 Å². The fourth-order valence-electron chi connectivity index (χ4n) is 1.46. The van der Waals surface area contributed by atoms with E-state index in [2.05, 4.69) is 10.6 Å². The van der Waals surface area contributed by atoms with Crippen LogP contribution in [0.1, 0.15) is 17.3 Å². The molecule has 2 N–H and O–H groups in total. The second-order valence-corrected chi connectivity index (χ2v) is 4.41. The van der Waals surface area contributed by atoms with Crippen molar-refractivity contribution in [1.29, 1.82) is 0 Å². The van der Waals surface area contributed by atoms with Crippen LogP contribution >= 0.6 is 11.6 Å². The number of carbonyl (C=O) groups is 3. The number of benzene rings is 1. The van der Waals surface area contributed by atoms with Crippen molar-refractivity contribution < 1.29 is 23.9 Å². The first kappa shape index (κ1) is 16.8. The Hall–Kier alpha value is -2.28. The van der Waals surface area contributed by atoms with Gasteiger partial charge < -0.3 is 14.8 Å². The molecule has 0 saturated heterocycles. The van der Waals surface area contributed by atoms with Gasteiger partial charge in [0.15, 0.2) is 23.9 Å². The number of nitrogens with one attached hydrogen (secondary N) is 2. The molecule has 1 aromatic carbocycles. The smallest absolute Gasteiger partial charge is 0.321 e. The molecule has 0 bridgehead atoms. The average Bonchev–Trinajstić information content (AvgIpc) is 2.47. The van der Waals surface area contributed by atoms with Crippen molar-refractivity contribution in [2.45, 2.75) is 13.0 Å². The van der Waals surface area contributed by atoms with Crippen LogP contribution < -0.4 is 20.1 Å². The maximum atomic E-state index is 11.7. The average molecular weight is 315 g/mol. The quantitative estimate of drug-likeness (QED) is 0.801. The first-order valence-corrected chi connectivity index (χ1v) is 6.32. The Morgan fingerprint density at radius 3 is 2.57 bits per heavy atom. The lowest BCUT2D eigenvalue weighted by Gasteiger charge is -2.17. The summed E-state index contributed by atoms with van der Waals surface area (Å²) in [6.07, 6.45) is -0.483. The second kappa shape index (κ2) is 7.49. The van der Waals surface area contributed by atoms with E-state index in [1.807, 2.05) is 0 Å². The van der Waals surface area contributed by atoms with Gasteiger partial charge in [-0.2, -0.15) is 0 Å². The van der Waals surface area contributed by atoms with Crippen LogP contribution in [-0.4, -0.2) is 38.5 Å². The molecule has 0 aliphatic carbocycles. The van der Waals surface area contributed by atoms with Crippen LogP contribution in [0.15, 0.2) is 12.1 Å². The van der Waals surface area contributed by atoms with Crippen molar-refractivity contribution in [2.75, 3.05) is 14.2 Å². The number of carbonyl (C=O) groups excluding carboxylic acids is 3. The number of methoxy groups -OCH3 is 1. The SMILES string of the molecule is CNC(=O)NC(=O)C(C)Oc1c(C=O)cc(Cl)cc1OC. The van der Waals surface area contributed by atoms with E-state index in [1.54, 1.807) is 0 Å². The maximum Gasteiger partial charge on any atom is 0.321 e. The highest BCUT2D eigenvalue weighted by atomic mass is 35.5. The summed E-state index contributed by atoms with van der Waals surface area (Å²) in [5, 5.41) is 4.60. The van der Waals surface area contributed by atoms with Gasteiger partial charge in [-0.05, 0) is 13.0 Å². The van der Waals surface area contributed by atoms with Crippen molar-refractivity contribution in [3.8, 4) is 11.5 Å². The number of halogens is 1. The molecule has 1 atom stereocenters. The summed E-state index contributed by atoms with van der Waals surface area (Å²) in [7, 11) is 2.75. The summed E-state index contributed by atoms with van der Waals surface area (Å²) < 4.78 is 10.5. The zero-order valence-corrected chi connectivity index (χ0v) is 12.5. The van der Waals surface area contributed by atoms with Gasteiger partial charge in [-0.25, -0.2) is 4.79 Å². The van der Waals surface area contributed by atoms with Gasteiger partial charge in [0.25, 0.3) is 5.91 Å². The summed E-state index contributed by atoms with van der Waals surface area (Å²) in [5.74, 6) is -0.371. The lowest BCUT2D eigenvalue weighted by molar-refractivity contribution is -0.126. The minimum atomic E-state index is -1.02. The molecule has 0 fully saturated rings. The van der Waals surface area contributed by atoms with Crippen molar-refractivity contribution in [3.63, 3.8) is 0 Å². The van der Waals surface area contributed by atoms with Gasteiger partial charge in [-0.1, -0.05) is 11.6 Å². The largest absolute Gasteiger partial charge is 0.493 e. The van der Waals surface area contributed by atoms with E-state index in [9.17, 15) is 14.4 Å². The van der Waals surface area contributed by atoms with Gasteiger partial charge in [0, 0.05) is 18.1 Å². The first-order valence-electron chi connectivity index (χ1n) is 5.94. The molecule has 8 heteroatoms. The number of ether oxygens (including phenoxy) is 2. The lowest BCUT2D eigenvalue weighted by atomic mass is 10.2. The summed E-state index contributed by atoms with van der Waals surface area (Å²) in [6.45, 7) is 1.43. The van der Waals surface area contributed by atoms with Crippen molar-refractivity contribution in [1.82, 2.24) is 10.6 Å². The third-order valence-corrected chi connectivity index (χ3v) is 2.74. The highest BCUT2D eigenvalue weighted by molar-refractivity contribution is 6.31. The summed E-state index contributed by atoms with van der Waals surface area (Å²) in [4.78, 5) is 33.9. The minimum Gasteiger partial charge on any atom is -0.493 e. The Morgan fingerprint density at radius 1 is 1.38 bits per heavy atom. The third kappa shape index (κ3) is 4.35. The molecule has 0 saturated carbocycles. The van der Waals surface area contributed by atoms with Crippen LogP contribution in [0.4, 0.5) is 4.79 Å². The van der Waals surface area contributed by atoms with E-state index < -0.39 is 18.0 Å². The zero-order chi connectivity index (χ0) is 16.0. The second-order valence-electron chi connectivity index (χ2n) is 3.97. The highest BCUT2D eigenvalue weighted by Gasteiger charge is 2.21. The fourth-order valence-corrected chi connectivity index (χ4v) is 1.68. The van der Waals surface area contributed by atoms with E-state index in [0.29, 0.717) is 11.3 Å². The van der Waals surface area contributed by atoms with E-state index in [4.69, 9.17) is 21.1 Å². The number of rotatable bonds is 5. The Balaban J connectivity index is 2.98. The summed E-state index contributed by atoms with van der Waals surface area (Å²) >= 11 is 5.84. The van der Waals surface area contributed by atoms with Crippen LogP contribution in [-0.2, 0) is 4.79 Å². The Kier molecular flexibility index (Phi) is 5.98. The number of urea groups is 1. The topological polar surface area (TPSA) is 93.7 Å². The monoisotopic (exact) mass is 314 g/mol. The summed E-state index contributed by atoms with van der Waals surface area (Å²) in [5.41, 5.74) is 0.138. The van der Waals surface area contributed by atoms with Crippen LogP contribution in [0.3, 0.4) is 0 Å². The van der Waals surface area contributed by atoms with Gasteiger partial charge in [0.1, 0.15) is 0 Å². The van der Waals surface area contributed by atoms with Gasteiger partial charge in [0.05, 0.1) is 12.7 Å². The molecule has 0 heterocycles. The molecule has 7 nitrogen and oxygen atoms in total. The van der Waals surface area contributed by atoms with E-state index in [-0.39, 0.29) is 17.1 Å². The number of hydrogen-bond acceptors (Lipinski definition) is 5. The molecule has 1 unspecified atom stereocenters. The van der Waals surface area contributed by atoms with Crippen molar-refractivity contribution >= 4 is 29.8 Å². The number of imide groups is 1. The molecule has 0 spiro atoms. The zero-order valence-electron chi connectivity index (χ0n) is 11.7. The molecule has 0 aliphatic rings. The molecule has 21 heavy (non-hydrogen) atoms. The minimum absolute atomic E-state index is 0.0801. The Morgan fingerprint density at radius 2 is 2.05 bits per heavy atom. The standard InChI is InChI=1S/C13H15ClN2O5/c1-7(12(18)16-13(19)15-2)21-11-8(6-17)4-9(14)5-10(11)20-3/h4-7H,1-3H3,(H2,15,16,18,19). The lowest BCUT2D eigenvalue weighted by Crippen LogP contribution is -2.44. The Bertz CT molecular complexity index is 562.